The Morgan fingerprint density at radius 3 is 2.70 bits per heavy atom. The molecule has 20 heavy (non-hydrogen) atoms. The van der Waals surface area contributed by atoms with Gasteiger partial charge in [-0.15, -0.1) is 0 Å². The zero-order valence-corrected chi connectivity index (χ0v) is 10.6. The van der Waals surface area contributed by atoms with E-state index in [1.807, 2.05) is 6.07 Å². The zero-order chi connectivity index (χ0) is 13.4. The first kappa shape index (κ1) is 11.3. The predicted octanol–water partition coefficient (Wildman–Crippen LogP) is 1.49. The van der Waals surface area contributed by atoms with E-state index in [1.54, 1.807) is 12.3 Å². The van der Waals surface area contributed by atoms with E-state index in [0.29, 0.717) is 55.2 Å². The van der Waals surface area contributed by atoms with Gasteiger partial charge in [0, 0.05) is 17.8 Å². The maximum Gasteiger partial charge on any atom is 0.257 e. The molecule has 0 saturated heterocycles. The normalized spacial score (nSPS) is 15.8. The Hall–Kier alpha value is -2.50. The van der Waals surface area contributed by atoms with Crippen LogP contribution in [0.3, 0.4) is 0 Å². The van der Waals surface area contributed by atoms with Crippen LogP contribution in [-0.2, 0) is 0 Å². The second-order valence-corrected chi connectivity index (χ2v) is 4.35. The molecule has 0 aliphatic carbocycles. The highest BCUT2D eigenvalue weighted by Gasteiger charge is 2.21. The number of hydrogen-bond donors (Lipinski definition) is 0. The Balaban J connectivity index is 1.81. The molecular formula is C14H11N2O4. The minimum Gasteiger partial charge on any atom is -0.486 e. The molecule has 6 heteroatoms. The number of ether oxygens (including phenoxy) is 4. The second-order valence-electron chi connectivity index (χ2n) is 4.35. The van der Waals surface area contributed by atoms with Gasteiger partial charge in [-0.1, -0.05) is 0 Å². The Morgan fingerprint density at radius 1 is 0.950 bits per heavy atom. The van der Waals surface area contributed by atoms with Crippen molar-refractivity contribution in [2.75, 3.05) is 26.4 Å². The molecule has 2 aromatic heterocycles. The van der Waals surface area contributed by atoms with Crippen LogP contribution in [0.15, 0.2) is 18.3 Å². The van der Waals surface area contributed by atoms with E-state index in [1.165, 1.54) is 0 Å². The monoisotopic (exact) mass is 271 g/mol. The van der Waals surface area contributed by atoms with Crippen LogP contribution in [0.1, 0.15) is 0 Å². The van der Waals surface area contributed by atoms with Crippen LogP contribution in [0.2, 0.25) is 0 Å². The SMILES string of the molecule is [c]1cc2c(c(-c3cnc4c(c3)OCCO4)n1)OCCO2. The Labute approximate surface area is 115 Å². The van der Waals surface area contributed by atoms with Crippen molar-refractivity contribution >= 4 is 0 Å². The van der Waals surface area contributed by atoms with Crippen molar-refractivity contribution in [2.24, 2.45) is 0 Å². The molecule has 2 aliphatic heterocycles. The summed E-state index contributed by atoms with van der Waals surface area (Å²) in [7, 11) is 0. The first-order chi connectivity index (χ1) is 9.92. The summed E-state index contributed by atoms with van der Waals surface area (Å²) in [5, 5.41) is 0. The fourth-order valence-electron chi connectivity index (χ4n) is 2.19. The summed E-state index contributed by atoms with van der Waals surface area (Å²) in [5.41, 5.74) is 1.43. The lowest BCUT2D eigenvalue weighted by Gasteiger charge is -2.21. The fourth-order valence-corrected chi connectivity index (χ4v) is 2.19. The van der Waals surface area contributed by atoms with Gasteiger partial charge in [0.15, 0.2) is 17.2 Å². The minimum atomic E-state index is 0.504. The molecule has 0 saturated carbocycles. The van der Waals surface area contributed by atoms with Crippen LogP contribution in [-0.4, -0.2) is 36.4 Å². The Kier molecular flexibility index (Phi) is 2.58. The molecule has 2 aliphatic rings. The molecule has 0 fully saturated rings. The molecule has 0 aromatic carbocycles. The van der Waals surface area contributed by atoms with Gasteiger partial charge in [0.1, 0.15) is 32.1 Å². The quantitative estimate of drug-likeness (QED) is 0.783. The smallest absolute Gasteiger partial charge is 0.257 e. The van der Waals surface area contributed by atoms with Crippen molar-refractivity contribution in [3.8, 4) is 34.4 Å². The molecule has 2 aromatic rings. The highest BCUT2D eigenvalue weighted by atomic mass is 16.6. The molecule has 6 nitrogen and oxygen atoms in total. The van der Waals surface area contributed by atoms with Gasteiger partial charge in [-0.05, 0) is 6.07 Å². The average molecular weight is 271 g/mol. The third kappa shape index (κ3) is 1.80. The fraction of sp³-hybridized carbons (Fsp3) is 0.286. The third-order valence-electron chi connectivity index (χ3n) is 3.07. The van der Waals surface area contributed by atoms with Crippen molar-refractivity contribution in [1.29, 1.82) is 0 Å². The third-order valence-corrected chi connectivity index (χ3v) is 3.07. The summed E-state index contributed by atoms with van der Waals surface area (Å²) in [6, 6.07) is 3.51. The second kappa shape index (κ2) is 4.56. The van der Waals surface area contributed by atoms with Gasteiger partial charge in [-0.2, -0.15) is 0 Å². The number of pyridine rings is 2. The molecule has 0 N–H and O–H groups in total. The van der Waals surface area contributed by atoms with Crippen molar-refractivity contribution in [2.45, 2.75) is 0 Å². The van der Waals surface area contributed by atoms with E-state index in [-0.39, 0.29) is 0 Å². The van der Waals surface area contributed by atoms with Gasteiger partial charge in [0.2, 0.25) is 0 Å². The lowest BCUT2D eigenvalue weighted by Crippen LogP contribution is -2.17. The Morgan fingerprint density at radius 2 is 1.75 bits per heavy atom. The largest absolute Gasteiger partial charge is 0.486 e. The van der Waals surface area contributed by atoms with Gasteiger partial charge in [0.25, 0.3) is 5.88 Å². The maximum atomic E-state index is 5.65. The summed E-state index contributed by atoms with van der Waals surface area (Å²) < 4.78 is 22.1. The van der Waals surface area contributed by atoms with Gasteiger partial charge >= 0.3 is 0 Å². The number of rotatable bonds is 1. The maximum absolute atomic E-state index is 5.65. The van der Waals surface area contributed by atoms with Gasteiger partial charge in [-0.25, -0.2) is 9.97 Å². The van der Waals surface area contributed by atoms with Crippen LogP contribution in [0.5, 0.6) is 23.1 Å². The summed E-state index contributed by atoms with van der Waals surface area (Å²) in [6.07, 6.45) is 4.50. The Bertz CT molecular complexity index is 660. The standard InChI is InChI=1S/C14H11N2O4/c1-2-15-12(13-10(1)17-3-5-19-13)9-7-11-14(16-8-9)20-6-4-18-11/h1,7-8H,3-6H2. The predicted molar refractivity (Wildman–Crippen MR) is 68.3 cm³/mol. The number of nitrogens with zero attached hydrogens (tertiary/aromatic N) is 2. The molecule has 0 amide bonds. The molecule has 4 heterocycles. The van der Waals surface area contributed by atoms with Crippen LogP contribution >= 0.6 is 0 Å². The van der Waals surface area contributed by atoms with Gasteiger partial charge in [-0.3, -0.25) is 0 Å². The van der Waals surface area contributed by atoms with Crippen LogP contribution in [0.4, 0.5) is 0 Å². The van der Waals surface area contributed by atoms with Gasteiger partial charge < -0.3 is 18.9 Å². The van der Waals surface area contributed by atoms with E-state index in [2.05, 4.69) is 16.2 Å². The average Bonchev–Trinajstić information content (AvgIpc) is 2.54. The molecule has 101 valence electrons. The van der Waals surface area contributed by atoms with E-state index in [0.717, 1.165) is 5.56 Å². The molecular weight excluding hydrogens is 260 g/mol. The summed E-state index contributed by atoms with van der Waals surface area (Å²) in [4.78, 5) is 8.49. The highest BCUT2D eigenvalue weighted by molar-refractivity contribution is 5.71. The summed E-state index contributed by atoms with van der Waals surface area (Å²) in [6.45, 7) is 2.07. The minimum absolute atomic E-state index is 0.504. The van der Waals surface area contributed by atoms with Crippen LogP contribution in [0, 0.1) is 6.20 Å². The van der Waals surface area contributed by atoms with E-state index in [4.69, 9.17) is 18.9 Å². The van der Waals surface area contributed by atoms with Crippen LogP contribution in [0.25, 0.3) is 11.3 Å². The van der Waals surface area contributed by atoms with Crippen molar-refractivity contribution in [1.82, 2.24) is 9.97 Å². The summed E-state index contributed by atoms with van der Waals surface area (Å²) in [5.74, 6) is 2.39. The number of aromatic nitrogens is 2. The topological polar surface area (TPSA) is 62.7 Å². The summed E-state index contributed by atoms with van der Waals surface area (Å²) >= 11 is 0. The van der Waals surface area contributed by atoms with Crippen molar-refractivity contribution in [3.63, 3.8) is 0 Å². The van der Waals surface area contributed by atoms with Gasteiger partial charge in [0.05, 0.1) is 6.20 Å². The first-order valence-corrected chi connectivity index (χ1v) is 6.34. The number of fused-ring (bicyclic) bond motifs is 2. The highest BCUT2D eigenvalue weighted by Crippen LogP contribution is 2.40. The van der Waals surface area contributed by atoms with E-state index in [9.17, 15) is 0 Å². The lowest BCUT2D eigenvalue weighted by molar-refractivity contribution is 0.164. The molecule has 1 radical (unpaired) electrons. The van der Waals surface area contributed by atoms with Crippen molar-refractivity contribution in [3.05, 3.63) is 24.5 Å². The van der Waals surface area contributed by atoms with Crippen LogP contribution < -0.4 is 18.9 Å². The van der Waals surface area contributed by atoms with E-state index >= 15 is 0 Å². The molecule has 0 atom stereocenters. The number of hydrogen-bond acceptors (Lipinski definition) is 6. The zero-order valence-electron chi connectivity index (χ0n) is 10.6. The molecule has 0 bridgehead atoms. The first-order valence-electron chi connectivity index (χ1n) is 6.34. The molecule has 0 unspecified atom stereocenters. The van der Waals surface area contributed by atoms with Crippen molar-refractivity contribution < 1.29 is 18.9 Å². The molecule has 0 spiro atoms. The molecule has 4 rings (SSSR count). The lowest BCUT2D eigenvalue weighted by atomic mass is 10.1. The van der Waals surface area contributed by atoms with E-state index < -0.39 is 0 Å².